The number of esters is 1. The van der Waals surface area contributed by atoms with Crippen LogP contribution in [0.2, 0.25) is 0 Å². The predicted octanol–water partition coefficient (Wildman–Crippen LogP) is 2.21. The largest absolute Gasteiger partial charge is 0.507 e. The number of phenols is 1. The first-order valence-electron chi connectivity index (χ1n) is 5.60. The zero-order valence-electron chi connectivity index (χ0n) is 10.1. The molecule has 0 aliphatic rings. The van der Waals surface area contributed by atoms with Gasteiger partial charge in [0.25, 0.3) is 0 Å². The minimum absolute atomic E-state index is 0.0872. The number of phenolic OH excluding ortho intramolecular Hbond substituents is 1. The molecular formula is C15H14O3. The van der Waals surface area contributed by atoms with Crippen LogP contribution in [0.25, 0.3) is 0 Å². The van der Waals surface area contributed by atoms with Crippen LogP contribution in [0.1, 0.15) is 23.7 Å². The number of rotatable bonds is 4. The van der Waals surface area contributed by atoms with E-state index in [1.54, 1.807) is 12.1 Å². The quantitative estimate of drug-likeness (QED) is 0.650. The summed E-state index contributed by atoms with van der Waals surface area (Å²) in [6, 6.07) is 6.24. The third kappa shape index (κ3) is 3.88. The van der Waals surface area contributed by atoms with Gasteiger partial charge in [0.2, 0.25) is 0 Å². The first-order valence-corrected chi connectivity index (χ1v) is 5.60. The Bertz CT molecular complexity index is 515. The molecule has 1 aromatic rings. The average molecular weight is 242 g/mol. The number of carbonyl (C=O) groups is 1. The molecular weight excluding hydrogens is 228 g/mol. The number of terminal acetylenes is 1. The summed E-state index contributed by atoms with van der Waals surface area (Å²) in [5.41, 5.74) is 0.150. The molecule has 0 saturated heterocycles. The van der Waals surface area contributed by atoms with Crippen LogP contribution < -0.4 is 0 Å². The van der Waals surface area contributed by atoms with Crippen LogP contribution in [0.5, 0.6) is 5.75 Å². The summed E-state index contributed by atoms with van der Waals surface area (Å²) in [6.07, 6.45) is 5.77. The van der Waals surface area contributed by atoms with Gasteiger partial charge in [0.05, 0.1) is 5.92 Å². The standard InChI is InChI=1S/C15H14O3/c1-3-5-8-12(4-2)11-18-15(17)13-9-6-7-10-14(13)16/h1,6-7,9-10,12,16H,4,11H2,2H3. The van der Waals surface area contributed by atoms with E-state index in [2.05, 4.69) is 17.8 Å². The van der Waals surface area contributed by atoms with Gasteiger partial charge in [-0.1, -0.05) is 25.0 Å². The van der Waals surface area contributed by atoms with E-state index in [1.165, 1.54) is 12.1 Å². The lowest BCUT2D eigenvalue weighted by molar-refractivity contribution is 0.0464. The van der Waals surface area contributed by atoms with Gasteiger partial charge < -0.3 is 9.84 Å². The molecule has 0 heterocycles. The number of aromatic hydroxyl groups is 1. The van der Waals surface area contributed by atoms with Crippen molar-refractivity contribution in [3.63, 3.8) is 0 Å². The lowest BCUT2D eigenvalue weighted by Crippen LogP contribution is -2.12. The molecule has 0 bridgehead atoms. The van der Waals surface area contributed by atoms with Gasteiger partial charge in [0.1, 0.15) is 17.9 Å². The number of hydrogen-bond acceptors (Lipinski definition) is 3. The van der Waals surface area contributed by atoms with Crippen LogP contribution in [0, 0.1) is 30.1 Å². The van der Waals surface area contributed by atoms with Crippen molar-refractivity contribution >= 4 is 5.97 Å². The second kappa shape index (κ2) is 7.04. The van der Waals surface area contributed by atoms with Gasteiger partial charge in [0.15, 0.2) is 0 Å². The Morgan fingerprint density at radius 3 is 2.83 bits per heavy atom. The maximum atomic E-state index is 11.7. The molecule has 92 valence electrons. The van der Waals surface area contributed by atoms with Crippen molar-refractivity contribution in [1.29, 1.82) is 0 Å². The Labute approximate surface area is 107 Å². The van der Waals surface area contributed by atoms with E-state index in [-0.39, 0.29) is 23.8 Å². The molecule has 0 aliphatic carbocycles. The highest BCUT2D eigenvalue weighted by Crippen LogP contribution is 2.17. The van der Waals surface area contributed by atoms with Gasteiger partial charge in [-0.3, -0.25) is 0 Å². The number of ether oxygens (including phenoxy) is 1. The van der Waals surface area contributed by atoms with Crippen molar-refractivity contribution in [2.24, 2.45) is 5.92 Å². The molecule has 0 saturated carbocycles. The third-order valence-electron chi connectivity index (χ3n) is 2.38. The molecule has 1 N–H and O–H groups in total. The summed E-state index contributed by atoms with van der Waals surface area (Å²) in [7, 11) is 0. The molecule has 1 unspecified atom stereocenters. The first-order chi connectivity index (χ1) is 8.69. The minimum atomic E-state index is -0.561. The highest BCUT2D eigenvalue weighted by atomic mass is 16.5. The van der Waals surface area contributed by atoms with Crippen molar-refractivity contribution in [3.8, 4) is 29.9 Å². The topological polar surface area (TPSA) is 46.5 Å². The minimum Gasteiger partial charge on any atom is -0.507 e. The van der Waals surface area contributed by atoms with E-state index in [0.29, 0.717) is 0 Å². The predicted molar refractivity (Wildman–Crippen MR) is 68.8 cm³/mol. The number of carbonyl (C=O) groups excluding carboxylic acids is 1. The van der Waals surface area contributed by atoms with Gasteiger partial charge in [-0.05, 0) is 30.4 Å². The smallest absolute Gasteiger partial charge is 0.341 e. The van der Waals surface area contributed by atoms with Crippen molar-refractivity contribution in [2.45, 2.75) is 13.3 Å². The summed E-state index contributed by atoms with van der Waals surface area (Å²) in [5.74, 6) is 6.80. The van der Waals surface area contributed by atoms with E-state index < -0.39 is 5.97 Å². The Kier molecular flexibility index (Phi) is 5.35. The van der Waals surface area contributed by atoms with E-state index in [9.17, 15) is 9.90 Å². The highest BCUT2D eigenvalue weighted by Gasteiger charge is 2.13. The Morgan fingerprint density at radius 2 is 2.22 bits per heavy atom. The van der Waals surface area contributed by atoms with Gasteiger partial charge in [-0.15, -0.1) is 6.42 Å². The van der Waals surface area contributed by atoms with Crippen LogP contribution in [0.15, 0.2) is 24.3 Å². The fraction of sp³-hybridized carbons (Fsp3) is 0.267. The summed E-state index contributed by atoms with van der Waals surface area (Å²) < 4.78 is 5.09. The third-order valence-corrected chi connectivity index (χ3v) is 2.38. The van der Waals surface area contributed by atoms with E-state index in [0.717, 1.165) is 6.42 Å². The van der Waals surface area contributed by atoms with Crippen molar-refractivity contribution in [2.75, 3.05) is 6.61 Å². The lowest BCUT2D eigenvalue weighted by Gasteiger charge is -2.09. The van der Waals surface area contributed by atoms with Gasteiger partial charge in [-0.2, -0.15) is 0 Å². The molecule has 0 amide bonds. The van der Waals surface area contributed by atoms with Gasteiger partial charge in [-0.25, -0.2) is 4.79 Å². The van der Waals surface area contributed by atoms with Crippen LogP contribution in [-0.4, -0.2) is 17.7 Å². The van der Waals surface area contributed by atoms with Crippen LogP contribution in [-0.2, 0) is 4.74 Å². The summed E-state index contributed by atoms with van der Waals surface area (Å²) in [4.78, 5) is 11.7. The molecule has 3 heteroatoms. The van der Waals surface area contributed by atoms with E-state index >= 15 is 0 Å². The summed E-state index contributed by atoms with van der Waals surface area (Å²) >= 11 is 0. The highest BCUT2D eigenvalue weighted by molar-refractivity contribution is 5.92. The fourth-order valence-corrected chi connectivity index (χ4v) is 1.31. The average Bonchev–Trinajstić information content (AvgIpc) is 2.39. The molecule has 0 aromatic heterocycles. The summed E-state index contributed by atoms with van der Waals surface area (Å²) in [5, 5.41) is 9.49. The molecule has 1 rings (SSSR count). The molecule has 0 radical (unpaired) electrons. The fourth-order valence-electron chi connectivity index (χ4n) is 1.31. The lowest BCUT2D eigenvalue weighted by atomic mass is 10.1. The Hall–Kier alpha value is -2.39. The van der Waals surface area contributed by atoms with Gasteiger partial charge >= 0.3 is 5.97 Å². The second-order valence-electron chi connectivity index (χ2n) is 3.63. The zero-order valence-corrected chi connectivity index (χ0v) is 10.1. The molecule has 1 atom stereocenters. The number of benzene rings is 1. The molecule has 3 nitrogen and oxygen atoms in total. The van der Waals surface area contributed by atoms with Crippen molar-refractivity contribution in [1.82, 2.24) is 0 Å². The normalized spacial score (nSPS) is 10.7. The van der Waals surface area contributed by atoms with Crippen LogP contribution in [0.3, 0.4) is 0 Å². The number of para-hydroxylation sites is 1. The maximum Gasteiger partial charge on any atom is 0.341 e. The van der Waals surface area contributed by atoms with Crippen molar-refractivity contribution in [3.05, 3.63) is 29.8 Å². The SMILES string of the molecule is C#CC#CC(CC)COC(=O)c1ccccc1O. The van der Waals surface area contributed by atoms with Crippen molar-refractivity contribution < 1.29 is 14.6 Å². The molecule has 1 aromatic carbocycles. The van der Waals surface area contributed by atoms with Crippen LogP contribution >= 0.6 is 0 Å². The van der Waals surface area contributed by atoms with Crippen LogP contribution in [0.4, 0.5) is 0 Å². The maximum absolute atomic E-state index is 11.7. The molecule has 0 aliphatic heterocycles. The second-order valence-corrected chi connectivity index (χ2v) is 3.63. The molecule has 18 heavy (non-hydrogen) atoms. The Morgan fingerprint density at radius 1 is 1.50 bits per heavy atom. The monoisotopic (exact) mass is 242 g/mol. The summed E-state index contributed by atoms with van der Waals surface area (Å²) in [6.45, 7) is 2.10. The zero-order chi connectivity index (χ0) is 13.4. The first kappa shape index (κ1) is 13.7. The Balaban J connectivity index is 2.61. The van der Waals surface area contributed by atoms with E-state index in [1.807, 2.05) is 6.92 Å². The molecule has 0 spiro atoms. The van der Waals surface area contributed by atoms with E-state index in [4.69, 9.17) is 11.2 Å². The number of hydrogen-bond donors (Lipinski definition) is 1. The molecule has 0 fully saturated rings. The van der Waals surface area contributed by atoms with Gasteiger partial charge in [0, 0.05) is 0 Å².